The maximum absolute atomic E-state index is 12.3. The molecular formula is C19H21N5O2. The van der Waals surface area contributed by atoms with E-state index in [4.69, 9.17) is 4.74 Å². The average Bonchev–Trinajstić information content (AvgIpc) is 3.08. The van der Waals surface area contributed by atoms with E-state index in [2.05, 4.69) is 20.0 Å². The molecule has 0 unspecified atom stereocenters. The third-order valence-corrected chi connectivity index (χ3v) is 4.53. The fourth-order valence-corrected chi connectivity index (χ4v) is 3.14. The average molecular weight is 351 g/mol. The molecule has 26 heavy (non-hydrogen) atoms. The maximum atomic E-state index is 12.3. The lowest BCUT2D eigenvalue weighted by Gasteiger charge is -2.25. The summed E-state index contributed by atoms with van der Waals surface area (Å²) in [6, 6.07) is 6.05. The monoisotopic (exact) mass is 351 g/mol. The van der Waals surface area contributed by atoms with E-state index in [0.717, 1.165) is 35.1 Å². The number of carbonyl (C=O) groups is 1. The standard InChI is InChI=1S/C19H21N5O2/c1-23-12-16(11-21-23)14-2-3-15-10-20-19(22-18(15)8-14)9-17(25)13-24-4-6-26-7-5-24/h2-3,8,10-12H,4-7,9,13H2,1H3. The van der Waals surface area contributed by atoms with Gasteiger partial charge in [0, 0.05) is 43.5 Å². The molecule has 0 spiro atoms. The van der Waals surface area contributed by atoms with Crippen LogP contribution in [0.1, 0.15) is 5.82 Å². The van der Waals surface area contributed by atoms with Crippen LogP contribution in [-0.4, -0.2) is 63.3 Å². The minimum Gasteiger partial charge on any atom is -0.379 e. The summed E-state index contributed by atoms with van der Waals surface area (Å²) in [5, 5.41) is 5.17. The molecule has 1 aliphatic rings. The van der Waals surface area contributed by atoms with E-state index >= 15 is 0 Å². The zero-order valence-corrected chi connectivity index (χ0v) is 14.8. The second-order valence-corrected chi connectivity index (χ2v) is 6.57. The number of aryl methyl sites for hydroxylation is 1. The lowest BCUT2D eigenvalue weighted by atomic mass is 10.1. The third-order valence-electron chi connectivity index (χ3n) is 4.53. The molecule has 7 heteroatoms. The van der Waals surface area contributed by atoms with E-state index < -0.39 is 0 Å². The lowest BCUT2D eigenvalue weighted by molar-refractivity contribution is -0.120. The predicted molar refractivity (Wildman–Crippen MR) is 97.7 cm³/mol. The van der Waals surface area contributed by atoms with Crippen molar-refractivity contribution in [1.29, 1.82) is 0 Å². The highest BCUT2D eigenvalue weighted by Crippen LogP contribution is 2.22. The first-order valence-corrected chi connectivity index (χ1v) is 8.74. The number of fused-ring (bicyclic) bond motifs is 1. The molecule has 3 heterocycles. The van der Waals surface area contributed by atoms with Crippen LogP contribution in [0.3, 0.4) is 0 Å². The minimum absolute atomic E-state index is 0.134. The Morgan fingerprint density at radius 2 is 2.04 bits per heavy atom. The van der Waals surface area contributed by atoms with Crippen LogP contribution in [0.25, 0.3) is 22.0 Å². The number of ketones is 1. The number of morpholine rings is 1. The summed E-state index contributed by atoms with van der Waals surface area (Å²) in [5.41, 5.74) is 2.93. The van der Waals surface area contributed by atoms with Crippen LogP contribution in [0, 0.1) is 0 Å². The van der Waals surface area contributed by atoms with Gasteiger partial charge in [0.25, 0.3) is 0 Å². The van der Waals surface area contributed by atoms with Gasteiger partial charge in [-0.1, -0.05) is 12.1 Å². The number of carbonyl (C=O) groups excluding carboxylic acids is 1. The molecule has 3 aromatic rings. The molecule has 0 radical (unpaired) electrons. The number of rotatable bonds is 5. The van der Waals surface area contributed by atoms with Crippen molar-refractivity contribution in [2.45, 2.75) is 6.42 Å². The SMILES string of the molecule is Cn1cc(-c2ccc3cnc(CC(=O)CN4CCOCC4)nc3c2)cn1. The van der Waals surface area contributed by atoms with Crippen molar-refractivity contribution >= 4 is 16.7 Å². The van der Waals surface area contributed by atoms with Crippen molar-refractivity contribution in [3.8, 4) is 11.1 Å². The molecule has 0 amide bonds. The topological polar surface area (TPSA) is 73.1 Å². The number of hydrogen-bond donors (Lipinski definition) is 0. The zero-order chi connectivity index (χ0) is 17.9. The van der Waals surface area contributed by atoms with Gasteiger partial charge in [0.15, 0.2) is 5.78 Å². The van der Waals surface area contributed by atoms with Crippen molar-refractivity contribution in [3.05, 3.63) is 42.6 Å². The molecule has 1 fully saturated rings. The van der Waals surface area contributed by atoms with Crippen LogP contribution in [0.5, 0.6) is 0 Å². The van der Waals surface area contributed by atoms with Crippen LogP contribution < -0.4 is 0 Å². The summed E-state index contributed by atoms with van der Waals surface area (Å²) in [5.74, 6) is 0.703. The molecule has 1 aliphatic heterocycles. The molecule has 0 saturated carbocycles. The van der Waals surface area contributed by atoms with Gasteiger partial charge >= 0.3 is 0 Å². The Balaban J connectivity index is 1.51. The quantitative estimate of drug-likeness (QED) is 0.693. The van der Waals surface area contributed by atoms with Crippen LogP contribution in [-0.2, 0) is 23.0 Å². The summed E-state index contributed by atoms with van der Waals surface area (Å²) in [6.45, 7) is 3.42. The molecule has 0 bridgehead atoms. The minimum atomic E-state index is 0.134. The maximum Gasteiger partial charge on any atom is 0.154 e. The Morgan fingerprint density at radius 1 is 1.19 bits per heavy atom. The molecule has 1 saturated heterocycles. The van der Waals surface area contributed by atoms with Gasteiger partial charge in [0.2, 0.25) is 0 Å². The fourth-order valence-electron chi connectivity index (χ4n) is 3.14. The number of benzene rings is 1. The number of nitrogens with zero attached hydrogens (tertiary/aromatic N) is 5. The van der Waals surface area contributed by atoms with Crippen molar-refractivity contribution in [1.82, 2.24) is 24.6 Å². The largest absolute Gasteiger partial charge is 0.379 e. The predicted octanol–water partition coefficient (Wildman–Crippen LogP) is 1.47. The zero-order valence-electron chi connectivity index (χ0n) is 14.8. The van der Waals surface area contributed by atoms with Crippen molar-refractivity contribution < 1.29 is 9.53 Å². The normalized spacial score (nSPS) is 15.4. The Hall–Kier alpha value is -2.64. The fraction of sp³-hybridized carbons (Fsp3) is 0.368. The molecule has 0 N–H and O–H groups in total. The molecule has 2 aromatic heterocycles. The molecule has 134 valence electrons. The smallest absolute Gasteiger partial charge is 0.154 e. The van der Waals surface area contributed by atoms with E-state index in [1.165, 1.54) is 0 Å². The molecular weight excluding hydrogens is 330 g/mol. The first kappa shape index (κ1) is 16.8. The summed E-state index contributed by atoms with van der Waals surface area (Å²) in [4.78, 5) is 23.4. The summed E-state index contributed by atoms with van der Waals surface area (Å²) < 4.78 is 7.09. The molecule has 0 atom stereocenters. The van der Waals surface area contributed by atoms with Crippen LogP contribution in [0.15, 0.2) is 36.8 Å². The van der Waals surface area contributed by atoms with E-state index in [9.17, 15) is 4.79 Å². The van der Waals surface area contributed by atoms with Gasteiger partial charge in [0.05, 0.1) is 37.9 Å². The molecule has 4 rings (SSSR count). The van der Waals surface area contributed by atoms with E-state index in [0.29, 0.717) is 25.6 Å². The Morgan fingerprint density at radius 3 is 2.81 bits per heavy atom. The summed E-state index contributed by atoms with van der Waals surface area (Å²) in [7, 11) is 1.89. The number of ether oxygens (including phenoxy) is 1. The van der Waals surface area contributed by atoms with Crippen LogP contribution in [0.4, 0.5) is 0 Å². The first-order chi connectivity index (χ1) is 12.7. The second-order valence-electron chi connectivity index (χ2n) is 6.57. The lowest BCUT2D eigenvalue weighted by Crippen LogP contribution is -2.40. The van der Waals surface area contributed by atoms with E-state index in [1.807, 2.05) is 37.6 Å². The second kappa shape index (κ2) is 7.31. The highest BCUT2D eigenvalue weighted by molar-refractivity contribution is 5.85. The third kappa shape index (κ3) is 3.79. The number of aromatic nitrogens is 4. The van der Waals surface area contributed by atoms with Gasteiger partial charge in [-0.15, -0.1) is 0 Å². The van der Waals surface area contributed by atoms with E-state index in [-0.39, 0.29) is 12.2 Å². The Kier molecular flexibility index (Phi) is 4.73. The highest BCUT2D eigenvalue weighted by atomic mass is 16.5. The highest BCUT2D eigenvalue weighted by Gasteiger charge is 2.15. The van der Waals surface area contributed by atoms with Crippen molar-refractivity contribution in [2.75, 3.05) is 32.8 Å². The Labute approximate surface area is 151 Å². The molecule has 1 aromatic carbocycles. The van der Waals surface area contributed by atoms with Gasteiger partial charge < -0.3 is 4.74 Å². The molecule has 7 nitrogen and oxygen atoms in total. The van der Waals surface area contributed by atoms with Gasteiger partial charge in [-0.25, -0.2) is 9.97 Å². The number of Topliss-reactive ketones (excluding diaryl/α,β-unsaturated/α-hetero) is 1. The van der Waals surface area contributed by atoms with Gasteiger partial charge in [-0.3, -0.25) is 14.4 Å². The summed E-state index contributed by atoms with van der Waals surface area (Å²) in [6.07, 6.45) is 5.83. The van der Waals surface area contributed by atoms with Crippen molar-refractivity contribution in [2.24, 2.45) is 7.05 Å². The van der Waals surface area contributed by atoms with Gasteiger partial charge in [-0.2, -0.15) is 5.10 Å². The first-order valence-electron chi connectivity index (χ1n) is 8.74. The number of hydrogen-bond acceptors (Lipinski definition) is 6. The van der Waals surface area contributed by atoms with Crippen molar-refractivity contribution in [3.63, 3.8) is 0 Å². The Bertz CT molecular complexity index is 931. The van der Waals surface area contributed by atoms with Gasteiger partial charge in [-0.05, 0) is 11.6 Å². The summed E-state index contributed by atoms with van der Waals surface area (Å²) >= 11 is 0. The molecule has 0 aliphatic carbocycles. The van der Waals surface area contributed by atoms with Crippen LogP contribution in [0.2, 0.25) is 0 Å². The van der Waals surface area contributed by atoms with E-state index in [1.54, 1.807) is 10.9 Å². The van der Waals surface area contributed by atoms with Crippen LogP contribution >= 0.6 is 0 Å². The van der Waals surface area contributed by atoms with Gasteiger partial charge in [0.1, 0.15) is 5.82 Å².